The number of carboxylic acid groups (broad SMARTS) is 1. The molecule has 9 heteroatoms. The van der Waals surface area contributed by atoms with E-state index in [1.54, 1.807) is 31.2 Å². The maximum atomic E-state index is 12.6. The number of alkyl halides is 3. The molecule has 0 bridgehead atoms. The van der Waals surface area contributed by atoms with E-state index < -0.39 is 26.0 Å². The third-order valence-corrected chi connectivity index (χ3v) is 6.98. The standard InChI is InChI=1S/C19H11F3N2O2SSe/c1-10-16(18(25)26)28-17(24-10)12-5-6-15(13(7-12)9-23)11-3-2-4-14(8-11)27-19(20,21)22/h2-8H,1H3,(H,25,26). The second kappa shape index (κ2) is 7.84. The summed E-state index contributed by atoms with van der Waals surface area (Å²) in [5.74, 6) is -1.01. The van der Waals surface area contributed by atoms with Crippen LogP contribution in [0.15, 0.2) is 47.4 Å². The van der Waals surface area contributed by atoms with Crippen LogP contribution >= 0.6 is 11.8 Å². The Hall–Kier alpha value is -2.53. The van der Waals surface area contributed by atoms with Gasteiger partial charge in [0.2, 0.25) is 0 Å². The molecule has 0 atom stereocenters. The van der Waals surface area contributed by atoms with Crippen molar-refractivity contribution in [1.82, 2.24) is 4.98 Å². The van der Waals surface area contributed by atoms with E-state index in [1.807, 2.05) is 0 Å². The third-order valence-electron chi connectivity index (χ3n) is 3.76. The van der Waals surface area contributed by atoms with Crippen LogP contribution in [0, 0.1) is 18.3 Å². The van der Waals surface area contributed by atoms with Crippen LogP contribution in [0.4, 0.5) is 13.2 Å². The number of carboxylic acids is 1. The third kappa shape index (κ3) is 4.47. The molecule has 3 rings (SSSR count). The summed E-state index contributed by atoms with van der Waals surface area (Å²) >= 11 is -0.690. The summed E-state index contributed by atoms with van der Waals surface area (Å²) in [5, 5.41) is 18.7. The van der Waals surface area contributed by atoms with E-state index in [1.165, 1.54) is 18.2 Å². The Morgan fingerprint density at radius 1 is 1.21 bits per heavy atom. The Morgan fingerprint density at radius 3 is 2.57 bits per heavy atom. The molecule has 142 valence electrons. The number of halogens is 3. The van der Waals surface area contributed by atoms with Gasteiger partial charge in [-0.2, -0.15) is 0 Å². The predicted octanol–water partition coefficient (Wildman–Crippen LogP) is 4.96. The van der Waals surface area contributed by atoms with E-state index in [4.69, 9.17) is 0 Å². The van der Waals surface area contributed by atoms with Gasteiger partial charge in [0.15, 0.2) is 0 Å². The number of nitrogens with zero attached hydrogens (tertiary/aromatic N) is 2. The van der Waals surface area contributed by atoms with Crippen LogP contribution in [-0.2, 0) is 0 Å². The molecule has 0 amide bonds. The van der Waals surface area contributed by atoms with Gasteiger partial charge in [-0.3, -0.25) is 0 Å². The van der Waals surface area contributed by atoms with Crippen LogP contribution in [0.5, 0.6) is 0 Å². The number of thioether (sulfide) groups is 1. The van der Waals surface area contributed by atoms with Crippen LogP contribution in [0.3, 0.4) is 0 Å². The van der Waals surface area contributed by atoms with Crippen LogP contribution < -0.4 is 0 Å². The number of nitriles is 1. The molecule has 0 aliphatic rings. The van der Waals surface area contributed by atoms with Crippen molar-refractivity contribution in [3.05, 3.63) is 58.2 Å². The molecule has 0 saturated heterocycles. The Morgan fingerprint density at radius 2 is 1.96 bits per heavy atom. The fraction of sp³-hybridized carbons (Fsp3) is 0.105. The molecule has 0 fully saturated rings. The van der Waals surface area contributed by atoms with Crippen molar-refractivity contribution in [1.29, 1.82) is 5.26 Å². The topological polar surface area (TPSA) is 74.0 Å². The van der Waals surface area contributed by atoms with Crippen molar-refractivity contribution in [2.75, 3.05) is 0 Å². The van der Waals surface area contributed by atoms with Gasteiger partial charge in [-0.05, 0) is 0 Å². The monoisotopic (exact) mass is 468 g/mol. The fourth-order valence-corrected chi connectivity index (χ4v) is 5.09. The molecule has 0 radical (unpaired) electrons. The molecule has 1 heterocycles. The van der Waals surface area contributed by atoms with E-state index in [0.717, 1.165) is 0 Å². The molecule has 0 spiro atoms. The van der Waals surface area contributed by atoms with E-state index >= 15 is 0 Å². The average molecular weight is 467 g/mol. The maximum absolute atomic E-state index is 12.6. The number of rotatable bonds is 4. The Bertz CT molecular complexity index is 1100. The molecule has 1 aromatic heterocycles. The summed E-state index contributed by atoms with van der Waals surface area (Å²) in [4.78, 5) is 15.6. The van der Waals surface area contributed by atoms with Gasteiger partial charge in [-0.15, -0.1) is 0 Å². The molecule has 0 aliphatic carbocycles. The van der Waals surface area contributed by atoms with Gasteiger partial charge in [-0.25, -0.2) is 0 Å². The molecule has 0 aliphatic heterocycles. The van der Waals surface area contributed by atoms with Crippen molar-refractivity contribution in [3.63, 3.8) is 0 Å². The van der Waals surface area contributed by atoms with Crippen LogP contribution in [0.25, 0.3) is 21.3 Å². The Balaban J connectivity index is 2.01. The molecule has 0 unspecified atom stereocenters. The zero-order valence-corrected chi connectivity index (χ0v) is 16.8. The molecule has 1 N–H and O–H groups in total. The predicted molar refractivity (Wildman–Crippen MR) is 100 cm³/mol. The first-order valence-corrected chi connectivity index (χ1v) is 10.3. The zero-order valence-electron chi connectivity index (χ0n) is 14.2. The van der Waals surface area contributed by atoms with Gasteiger partial charge in [0.25, 0.3) is 0 Å². The van der Waals surface area contributed by atoms with Crippen LogP contribution in [0.2, 0.25) is 0 Å². The summed E-state index contributed by atoms with van der Waals surface area (Å²) in [6, 6.07) is 12.9. The molecule has 2 aromatic carbocycles. The van der Waals surface area contributed by atoms with Crippen LogP contribution in [-0.4, -0.2) is 36.1 Å². The Kier molecular flexibility index (Phi) is 5.66. The Labute approximate surface area is 168 Å². The van der Waals surface area contributed by atoms with Crippen molar-refractivity contribution >= 4 is 32.2 Å². The first kappa shape index (κ1) is 20.2. The fourth-order valence-electron chi connectivity index (χ4n) is 2.60. The number of carbonyl (C=O) groups is 1. The molecular weight excluding hydrogens is 456 g/mol. The number of hydrogen-bond donors (Lipinski definition) is 1. The van der Waals surface area contributed by atoms with Crippen LogP contribution in [0.1, 0.15) is 20.5 Å². The molecular formula is C19H11F3N2O2SSe. The first-order chi connectivity index (χ1) is 13.2. The number of aromatic nitrogens is 1. The molecule has 4 nitrogen and oxygen atoms in total. The number of benzene rings is 2. The number of aromatic carboxylic acids is 1. The molecule has 0 saturated carbocycles. The van der Waals surface area contributed by atoms with Gasteiger partial charge in [0, 0.05) is 0 Å². The number of aryl methyl sites for hydroxylation is 1. The van der Waals surface area contributed by atoms with Gasteiger partial charge >= 0.3 is 168 Å². The summed E-state index contributed by atoms with van der Waals surface area (Å²) < 4.78 is 38.7. The van der Waals surface area contributed by atoms with E-state index in [9.17, 15) is 28.3 Å². The quantitative estimate of drug-likeness (QED) is 0.434. The van der Waals surface area contributed by atoms with E-state index in [-0.39, 0.29) is 26.7 Å². The average Bonchev–Trinajstić information content (AvgIpc) is 3.02. The summed E-state index contributed by atoms with van der Waals surface area (Å²) in [7, 11) is 0. The van der Waals surface area contributed by atoms with E-state index in [0.29, 0.717) is 27.0 Å². The minimum atomic E-state index is -4.39. The van der Waals surface area contributed by atoms with Crippen molar-refractivity contribution in [3.8, 4) is 27.3 Å². The summed E-state index contributed by atoms with van der Waals surface area (Å²) in [6.07, 6.45) is 0. The molecule has 28 heavy (non-hydrogen) atoms. The van der Waals surface area contributed by atoms with Gasteiger partial charge in [0.05, 0.1) is 0 Å². The minimum absolute atomic E-state index is 0.0346. The van der Waals surface area contributed by atoms with Crippen molar-refractivity contribution < 1.29 is 23.1 Å². The second-order valence-corrected chi connectivity index (χ2v) is 8.92. The first-order valence-electron chi connectivity index (χ1n) is 7.79. The molecule has 3 aromatic rings. The van der Waals surface area contributed by atoms with Gasteiger partial charge < -0.3 is 0 Å². The van der Waals surface area contributed by atoms with Crippen molar-refractivity contribution in [2.45, 2.75) is 17.3 Å². The van der Waals surface area contributed by atoms with Gasteiger partial charge in [-0.1, -0.05) is 0 Å². The number of hydrogen-bond acceptors (Lipinski definition) is 4. The summed E-state index contributed by atoms with van der Waals surface area (Å²) in [5.41, 5.74) is -2.03. The van der Waals surface area contributed by atoms with E-state index in [2.05, 4.69) is 11.1 Å². The SMILES string of the molecule is Cc1nc(-c2ccc(-c3cccc(SC(F)(F)F)c3)c(C#N)c2)[se]c1C(=O)O. The normalized spacial score (nSPS) is 11.2. The summed E-state index contributed by atoms with van der Waals surface area (Å²) in [6.45, 7) is 1.63. The van der Waals surface area contributed by atoms with Crippen molar-refractivity contribution in [2.24, 2.45) is 0 Å². The van der Waals surface area contributed by atoms with Gasteiger partial charge in [0.1, 0.15) is 0 Å². The zero-order chi connectivity index (χ0) is 20.5. The second-order valence-electron chi connectivity index (χ2n) is 5.69.